The van der Waals surface area contributed by atoms with Gasteiger partial charge in [0, 0.05) is 12.2 Å². The molecule has 1 amide bonds. The van der Waals surface area contributed by atoms with Crippen molar-refractivity contribution in [1.29, 1.82) is 5.26 Å². The molecular weight excluding hydrogens is 280 g/mol. The number of anilines is 1. The zero-order valence-corrected chi connectivity index (χ0v) is 11.5. The molecule has 8 heteroatoms. The summed E-state index contributed by atoms with van der Waals surface area (Å²) in [4.78, 5) is 15.6. The molecule has 1 fully saturated rings. The number of hydrogen-bond acceptors (Lipinski definition) is 6. The van der Waals surface area contributed by atoms with Gasteiger partial charge in [-0.25, -0.2) is 13.4 Å². The van der Waals surface area contributed by atoms with E-state index in [9.17, 15) is 13.2 Å². The first-order chi connectivity index (χ1) is 9.48. The molecule has 1 atom stereocenters. The third-order valence-electron chi connectivity index (χ3n) is 2.92. The van der Waals surface area contributed by atoms with Crippen molar-refractivity contribution in [3.63, 3.8) is 0 Å². The Bertz CT molecular complexity index is 634. The fraction of sp³-hybridized carbons (Fsp3) is 0.417. The summed E-state index contributed by atoms with van der Waals surface area (Å²) >= 11 is 0. The van der Waals surface area contributed by atoms with Gasteiger partial charge in [-0.3, -0.25) is 4.79 Å². The molecule has 2 heterocycles. The van der Waals surface area contributed by atoms with Crippen LogP contribution in [0.25, 0.3) is 0 Å². The second kappa shape index (κ2) is 5.88. The van der Waals surface area contributed by atoms with E-state index in [1.165, 1.54) is 6.20 Å². The largest absolute Gasteiger partial charge is 0.361 e. The van der Waals surface area contributed by atoms with Crippen molar-refractivity contribution in [2.75, 3.05) is 23.4 Å². The van der Waals surface area contributed by atoms with E-state index in [4.69, 9.17) is 5.26 Å². The normalized spacial score (nSPS) is 20.1. The molecule has 1 aromatic heterocycles. The number of carbonyl (C=O) groups is 1. The first kappa shape index (κ1) is 14.3. The van der Waals surface area contributed by atoms with Gasteiger partial charge in [0.05, 0.1) is 23.6 Å². The summed E-state index contributed by atoms with van der Waals surface area (Å²) in [6, 6.07) is 4.84. The topological polar surface area (TPSA) is 112 Å². The molecule has 0 bridgehead atoms. The molecule has 106 valence electrons. The summed E-state index contributed by atoms with van der Waals surface area (Å²) in [5.41, 5.74) is 0.441. The van der Waals surface area contributed by atoms with Crippen LogP contribution in [0, 0.1) is 11.3 Å². The third kappa shape index (κ3) is 3.93. The zero-order chi connectivity index (χ0) is 14.6. The maximum Gasteiger partial charge on any atom is 0.239 e. The Labute approximate surface area is 116 Å². The molecule has 0 aliphatic carbocycles. The molecule has 2 N–H and O–H groups in total. The van der Waals surface area contributed by atoms with Crippen molar-refractivity contribution in [3.8, 4) is 6.07 Å². The summed E-state index contributed by atoms with van der Waals surface area (Å²) in [6.07, 6.45) is 1.87. The summed E-state index contributed by atoms with van der Waals surface area (Å²) in [5.74, 6) is 0.340. The van der Waals surface area contributed by atoms with Gasteiger partial charge in [0.25, 0.3) is 0 Å². The highest BCUT2D eigenvalue weighted by atomic mass is 32.2. The van der Waals surface area contributed by atoms with Gasteiger partial charge in [-0.2, -0.15) is 5.26 Å². The molecule has 1 aromatic rings. The molecular formula is C12H14N4O3S. The van der Waals surface area contributed by atoms with E-state index in [0.29, 0.717) is 17.8 Å². The molecule has 0 radical (unpaired) electrons. The second-order valence-electron chi connectivity index (χ2n) is 4.56. The van der Waals surface area contributed by atoms with Crippen molar-refractivity contribution in [2.24, 2.45) is 0 Å². The van der Waals surface area contributed by atoms with Gasteiger partial charge in [0.15, 0.2) is 9.84 Å². The fourth-order valence-electron chi connectivity index (χ4n) is 1.92. The number of rotatable bonds is 4. The van der Waals surface area contributed by atoms with Gasteiger partial charge in [0.2, 0.25) is 5.91 Å². The van der Waals surface area contributed by atoms with Crippen LogP contribution in [-0.4, -0.2) is 43.4 Å². The van der Waals surface area contributed by atoms with Crippen LogP contribution in [0.3, 0.4) is 0 Å². The minimum absolute atomic E-state index is 0.00779. The lowest BCUT2D eigenvalue weighted by molar-refractivity contribution is -0.119. The molecule has 20 heavy (non-hydrogen) atoms. The minimum Gasteiger partial charge on any atom is -0.361 e. The molecule has 0 unspecified atom stereocenters. The number of nitrogens with zero attached hydrogens (tertiary/aromatic N) is 2. The number of sulfone groups is 1. The van der Waals surface area contributed by atoms with E-state index in [1.807, 2.05) is 6.07 Å². The summed E-state index contributed by atoms with van der Waals surface area (Å²) in [7, 11) is -2.99. The van der Waals surface area contributed by atoms with Crippen molar-refractivity contribution >= 4 is 21.6 Å². The van der Waals surface area contributed by atoms with Gasteiger partial charge in [-0.05, 0) is 18.6 Å². The summed E-state index contributed by atoms with van der Waals surface area (Å²) < 4.78 is 22.5. The van der Waals surface area contributed by atoms with E-state index < -0.39 is 9.84 Å². The Kier molecular flexibility index (Phi) is 4.20. The number of nitrogens with one attached hydrogen (secondary N) is 2. The van der Waals surface area contributed by atoms with Crippen LogP contribution in [0.15, 0.2) is 18.3 Å². The van der Waals surface area contributed by atoms with Gasteiger partial charge >= 0.3 is 0 Å². The number of nitriles is 1. The van der Waals surface area contributed by atoms with Crippen LogP contribution < -0.4 is 10.6 Å². The molecule has 0 aromatic carbocycles. The van der Waals surface area contributed by atoms with Gasteiger partial charge in [0.1, 0.15) is 11.9 Å². The van der Waals surface area contributed by atoms with E-state index in [1.54, 1.807) is 12.1 Å². The average molecular weight is 294 g/mol. The number of aromatic nitrogens is 1. The maximum atomic E-state index is 11.7. The average Bonchev–Trinajstić information content (AvgIpc) is 2.76. The standard InChI is InChI=1S/C12H14N4O3S/c13-5-9-1-2-11(14-6-9)15-7-12(17)16-10-3-4-20(18,19)8-10/h1-2,6,10H,3-4,7-8H2,(H,14,15)(H,16,17)/t10-/m1/s1. The van der Waals surface area contributed by atoms with Gasteiger partial charge < -0.3 is 10.6 Å². The lowest BCUT2D eigenvalue weighted by Gasteiger charge is -2.11. The highest BCUT2D eigenvalue weighted by molar-refractivity contribution is 7.91. The van der Waals surface area contributed by atoms with E-state index in [-0.39, 0.29) is 30.0 Å². The van der Waals surface area contributed by atoms with Crippen molar-refractivity contribution in [3.05, 3.63) is 23.9 Å². The zero-order valence-electron chi connectivity index (χ0n) is 10.7. The summed E-state index contributed by atoms with van der Waals surface area (Å²) in [6.45, 7) is 0.00937. The predicted octanol–water partition coefficient (Wildman–Crippen LogP) is -0.332. The first-order valence-electron chi connectivity index (χ1n) is 6.08. The molecule has 0 saturated carbocycles. The molecule has 1 aliphatic rings. The Morgan fingerprint density at radius 3 is 2.85 bits per heavy atom. The Morgan fingerprint density at radius 1 is 1.50 bits per heavy atom. The van der Waals surface area contributed by atoms with Crippen LogP contribution in [0.2, 0.25) is 0 Å². The number of amides is 1. The van der Waals surface area contributed by atoms with E-state index in [2.05, 4.69) is 15.6 Å². The lowest BCUT2D eigenvalue weighted by atomic mass is 10.2. The SMILES string of the molecule is N#Cc1ccc(NCC(=O)N[C@@H]2CCS(=O)(=O)C2)nc1. The quantitative estimate of drug-likeness (QED) is 0.786. The maximum absolute atomic E-state index is 11.7. The molecule has 1 aliphatic heterocycles. The number of hydrogen-bond donors (Lipinski definition) is 2. The van der Waals surface area contributed by atoms with Crippen molar-refractivity contribution in [2.45, 2.75) is 12.5 Å². The van der Waals surface area contributed by atoms with Crippen molar-refractivity contribution < 1.29 is 13.2 Å². The van der Waals surface area contributed by atoms with Crippen LogP contribution in [0.1, 0.15) is 12.0 Å². The lowest BCUT2D eigenvalue weighted by Crippen LogP contribution is -2.39. The smallest absolute Gasteiger partial charge is 0.239 e. The molecule has 1 saturated heterocycles. The number of pyridine rings is 1. The summed E-state index contributed by atoms with van der Waals surface area (Å²) in [5, 5.41) is 14.1. The number of carbonyl (C=O) groups excluding carboxylic acids is 1. The first-order valence-corrected chi connectivity index (χ1v) is 7.90. The molecule has 0 spiro atoms. The minimum atomic E-state index is -2.99. The Morgan fingerprint density at radius 2 is 2.30 bits per heavy atom. The monoisotopic (exact) mass is 294 g/mol. The van der Waals surface area contributed by atoms with Crippen LogP contribution in [0.4, 0.5) is 5.82 Å². The highest BCUT2D eigenvalue weighted by Gasteiger charge is 2.28. The van der Waals surface area contributed by atoms with Gasteiger partial charge in [-0.1, -0.05) is 0 Å². The van der Waals surface area contributed by atoms with Crippen molar-refractivity contribution in [1.82, 2.24) is 10.3 Å². The van der Waals surface area contributed by atoms with Crippen LogP contribution >= 0.6 is 0 Å². The Balaban J connectivity index is 1.79. The van der Waals surface area contributed by atoms with E-state index >= 15 is 0 Å². The third-order valence-corrected chi connectivity index (χ3v) is 4.69. The van der Waals surface area contributed by atoms with E-state index in [0.717, 1.165) is 0 Å². The van der Waals surface area contributed by atoms with Crippen LogP contribution in [0.5, 0.6) is 0 Å². The predicted molar refractivity (Wildman–Crippen MR) is 72.6 cm³/mol. The second-order valence-corrected chi connectivity index (χ2v) is 6.79. The van der Waals surface area contributed by atoms with Gasteiger partial charge in [-0.15, -0.1) is 0 Å². The molecule has 2 rings (SSSR count). The Hall–Kier alpha value is -2.14. The highest BCUT2D eigenvalue weighted by Crippen LogP contribution is 2.11. The fourth-order valence-corrected chi connectivity index (χ4v) is 3.60. The van der Waals surface area contributed by atoms with Crippen LogP contribution in [-0.2, 0) is 14.6 Å². The molecule has 7 nitrogen and oxygen atoms in total.